The van der Waals surface area contributed by atoms with Gasteiger partial charge in [-0.2, -0.15) is 0 Å². The van der Waals surface area contributed by atoms with Gasteiger partial charge in [-0.3, -0.25) is 0 Å². The van der Waals surface area contributed by atoms with E-state index >= 15 is 0 Å². The molecule has 0 radical (unpaired) electrons. The topological polar surface area (TPSA) is 51.0 Å². The molecule has 100 valence electrons. The zero-order valence-corrected chi connectivity index (χ0v) is 11.4. The first-order chi connectivity index (χ1) is 9.19. The Morgan fingerprint density at radius 3 is 2.95 bits per heavy atom. The van der Waals surface area contributed by atoms with Gasteiger partial charge in [-0.05, 0) is 38.0 Å². The van der Waals surface area contributed by atoms with Crippen molar-refractivity contribution in [3.63, 3.8) is 0 Å². The molecule has 0 fully saturated rings. The summed E-state index contributed by atoms with van der Waals surface area (Å²) in [5.74, 6) is 1.13. The second-order valence-electron chi connectivity index (χ2n) is 4.62. The van der Waals surface area contributed by atoms with E-state index in [1.54, 1.807) is 6.92 Å². The molecule has 2 aromatic rings. The van der Waals surface area contributed by atoms with Crippen LogP contribution in [0.25, 0.3) is 11.5 Å². The van der Waals surface area contributed by atoms with Crippen LogP contribution in [0.3, 0.4) is 0 Å². The number of allylic oxidation sites excluding steroid dienone is 1. The highest BCUT2D eigenvalue weighted by Crippen LogP contribution is 2.22. The molecule has 0 spiro atoms. The van der Waals surface area contributed by atoms with E-state index in [0.717, 1.165) is 24.1 Å². The van der Waals surface area contributed by atoms with Crippen molar-refractivity contribution < 1.29 is 4.42 Å². The van der Waals surface area contributed by atoms with Crippen molar-refractivity contribution in [2.45, 2.75) is 32.7 Å². The Bertz CT molecular complexity index is 548. The molecule has 0 saturated heterocycles. The van der Waals surface area contributed by atoms with Gasteiger partial charge in [-0.15, -0.1) is 16.8 Å². The molecule has 0 aliphatic rings. The van der Waals surface area contributed by atoms with Crippen LogP contribution in [0.4, 0.5) is 5.69 Å². The SMILES string of the molecule is C=CCCC(C)Nc1cccc(-c2nnc(C)o2)c1. The number of hydrogen-bond acceptors (Lipinski definition) is 4. The molecule has 0 amide bonds. The van der Waals surface area contributed by atoms with Gasteiger partial charge in [-0.25, -0.2) is 0 Å². The van der Waals surface area contributed by atoms with Crippen LogP contribution in [0.15, 0.2) is 41.3 Å². The van der Waals surface area contributed by atoms with Crippen LogP contribution in [0.2, 0.25) is 0 Å². The first-order valence-corrected chi connectivity index (χ1v) is 6.47. The fourth-order valence-corrected chi connectivity index (χ4v) is 1.88. The lowest BCUT2D eigenvalue weighted by Crippen LogP contribution is -2.14. The normalized spacial score (nSPS) is 12.1. The van der Waals surface area contributed by atoms with E-state index in [0.29, 0.717) is 17.8 Å². The minimum Gasteiger partial charge on any atom is -0.421 e. The predicted octanol–water partition coefficient (Wildman–Crippen LogP) is 3.81. The maximum atomic E-state index is 5.43. The average Bonchev–Trinajstić information content (AvgIpc) is 2.83. The molecule has 0 saturated carbocycles. The zero-order valence-electron chi connectivity index (χ0n) is 11.4. The molecule has 1 N–H and O–H groups in total. The third kappa shape index (κ3) is 3.68. The lowest BCUT2D eigenvalue weighted by molar-refractivity contribution is 0.533. The monoisotopic (exact) mass is 257 g/mol. The number of nitrogens with one attached hydrogen (secondary N) is 1. The highest BCUT2D eigenvalue weighted by molar-refractivity contribution is 5.61. The van der Waals surface area contributed by atoms with Gasteiger partial charge in [0.2, 0.25) is 11.8 Å². The van der Waals surface area contributed by atoms with Crippen LogP contribution in [0.5, 0.6) is 0 Å². The Hall–Kier alpha value is -2.10. The maximum Gasteiger partial charge on any atom is 0.247 e. The standard InChI is InChI=1S/C15H19N3O/c1-4-5-7-11(2)16-14-9-6-8-13(10-14)15-18-17-12(3)19-15/h4,6,8-11,16H,1,5,7H2,2-3H3. The third-order valence-electron chi connectivity index (χ3n) is 2.85. The van der Waals surface area contributed by atoms with Gasteiger partial charge in [0.1, 0.15) is 0 Å². The number of benzene rings is 1. The van der Waals surface area contributed by atoms with Gasteiger partial charge in [-0.1, -0.05) is 12.1 Å². The summed E-state index contributed by atoms with van der Waals surface area (Å²) in [6, 6.07) is 8.41. The Labute approximate surface area is 113 Å². The molecule has 4 heteroatoms. The Balaban J connectivity index is 2.09. The van der Waals surface area contributed by atoms with Crippen molar-refractivity contribution in [2.75, 3.05) is 5.32 Å². The smallest absolute Gasteiger partial charge is 0.247 e. The summed E-state index contributed by atoms with van der Waals surface area (Å²) in [6.45, 7) is 7.69. The molecule has 0 aliphatic heterocycles. The summed E-state index contributed by atoms with van der Waals surface area (Å²) in [5, 5.41) is 11.3. The van der Waals surface area contributed by atoms with Gasteiger partial charge >= 0.3 is 0 Å². The fourth-order valence-electron chi connectivity index (χ4n) is 1.88. The molecule has 1 atom stereocenters. The molecule has 1 unspecified atom stereocenters. The highest BCUT2D eigenvalue weighted by atomic mass is 16.4. The second kappa shape index (κ2) is 6.18. The molecule has 1 aromatic carbocycles. The van der Waals surface area contributed by atoms with Crippen molar-refractivity contribution in [1.82, 2.24) is 10.2 Å². The molecular formula is C15H19N3O. The Kier molecular flexibility index (Phi) is 4.34. The first-order valence-electron chi connectivity index (χ1n) is 6.47. The zero-order chi connectivity index (χ0) is 13.7. The summed E-state index contributed by atoms with van der Waals surface area (Å²) in [6.07, 6.45) is 4.01. The van der Waals surface area contributed by atoms with Crippen molar-refractivity contribution >= 4 is 5.69 Å². The molecule has 4 nitrogen and oxygen atoms in total. The number of rotatable bonds is 6. The Morgan fingerprint density at radius 1 is 1.42 bits per heavy atom. The summed E-state index contributed by atoms with van der Waals surface area (Å²) >= 11 is 0. The number of anilines is 1. The molecule has 19 heavy (non-hydrogen) atoms. The van der Waals surface area contributed by atoms with E-state index in [4.69, 9.17) is 4.42 Å². The molecule has 0 aliphatic carbocycles. The minimum atomic E-state index is 0.401. The van der Waals surface area contributed by atoms with Crippen LogP contribution in [-0.2, 0) is 0 Å². The van der Waals surface area contributed by atoms with Crippen molar-refractivity contribution in [2.24, 2.45) is 0 Å². The van der Waals surface area contributed by atoms with Gasteiger partial charge in [0.05, 0.1) is 0 Å². The van der Waals surface area contributed by atoms with Gasteiger partial charge in [0.25, 0.3) is 0 Å². The third-order valence-corrected chi connectivity index (χ3v) is 2.85. The summed E-state index contributed by atoms with van der Waals surface area (Å²) in [4.78, 5) is 0. The van der Waals surface area contributed by atoms with E-state index in [9.17, 15) is 0 Å². The van der Waals surface area contributed by atoms with Crippen molar-refractivity contribution in [3.8, 4) is 11.5 Å². The maximum absolute atomic E-state index is 5.43. The van der Waals surface area contributed by atoms with Crippen LogP contribution < -0.4 is 5.32 Å². The first kappa shape index (κ1) is 13.3. The number of nitrogens with zero attached hydrogens (tertiary/aromatic N) is 2. The second-order valence-corrected chi connectivity index (χ2v) is 4.62. The predicted molar refractivity (Wildman–Crippen MR) is 77.0 cm³/mol. The Morgan fingerprint density at radius 2 is 2.26 bits per heavy atom. The van der Waals surface area contributed by atoms with Crippen molar-refractivity contribution in [1.29, 1.82) is 0 Å². The quantitative estimate of drug-likeness (QED) is 0.799. The molecule has 1 heterocycles. The summed E-state index contributed by atoms with van der Waals surface area (Å²) in [5.41, 5.74) is 1.99. The van der Waals surface area contributed by atoms with Crippen molar-refractivity contribution in [3.05, 3.63) is 42.8 Å². The van der Waals surface area contributed by atoms with Crippen LogP contribution in [0, 0.1) is 6.92 Å². The molecule has 0 bridgehead atoms. The summed E-state index contributed by atoms with van der Waals surface area (Å²) in [7, 11) is 0. The van der Waals surface area contributed by atoms with Crippen LogP contribution in [-0.4, -0.2) is 16.2 Å². The van der Waals surface area contributed by atoms with E-state index in [1.165, 1.54) is 0 Å². The average molecular weight is 257 g/mol. The molecular weight excluding hydrogens is 238 g/mol. The number of aromatic nitrogens is 2. The van der Waals surface area contributed by atoms with Crippen LogP contribution in [0.1, 0.15) is 25.7 Å². The van der Waals surface area contributed by atoms with Gasteiger partial charge < -0.3 is 9.73 Å². The van der Waals surface area contributed by atoms with Crippen LogP contribution >= 0.6 is 0 Å². The largest absolute Gasteiger partial charge is 0.421 e. The minimum absolute atomic E-state index is 0.401. The van der Waals surface area contributed by atoms with E-state index in [1.807, 2.05) is 30.3 Å². The van der Waals surface area contributed by atoms with Gasteiger partial charge in [0, 0.05) is 24.2 Å². The van der Waals surface area contributed by atoms with E-state index < -0.39 is 0 Å². The fraction of sp³-hybridized carbons (Fsp3) is 0.333. The lowest BCUT2D eigenvalue weighted by Gasteiger charge is -2.14. The number of aryl methyl sites for hydroxylation is 1. The van der Waals surface area contributed by atoms with E-state index in [2.05, 4.69) is 29.0 Å². The van der Waals surface area contributed by atoms with Gasteiger partial charge in [0.15, 0.2) is 0 Å². The summed E-state index contributed by atoms with van der Waals surface area (Å²) < 4.78 is 5.43. The number of hydrogen-bond donors (Lipinski definition) is 1. The molecule has 1 aromatic heterocycles. The molecule has 2 rings (SSSR count). The highest BCUT2D eigenvalue weighted by Gasteiger charge is 2.07. The lowest BCUT2D eigenvalue weighted by atomic mass is 10.1. The van der Waals surface area contributed by atoms with E-state index in [-0.39, 0.29) is 0 Å².